The molecule has 3 heteroatoms. The minimum Gasteiger partial charge on any atom is -0.354 e. The molecule has 0 saturated carbocycles. The van der Waals surface area contributed by atoms with Crippen LogP contribution in [0.3, 0.4) is 0 Å². The Bertz CT molecular complexity index is 216. The molecule has 3 nitrogen and oxygen atoms in total. The molecule has 0 saturated heterocycles. The van der Waals surface area contributed by atoms with Crippen molar-refractivity contribution >= 4 is 11.6 Å². The maximum absolute atomic E-state index is 11.0. The normalized spacial score (nSPS) is 10.5. The predicted octanol–water partition coefficient (Wildman–Crippen LogP) is 0.893. The molecule has 0 radical (unpaired) electrons. The Morgan fingerprint density at radius 2 is 2.18 bits per heavy atom. The molecule has 0 heterocycles. The van der Waals surface area contributed by atoms with Gasteiger partial charge >= 0.3 is 0 Å². The fourth-order valence-corrected chi connectivity index (χ4v) is 0.572. The molecule has 1 amide bonds. The number of rotatable bonds is 3. The topological polar surface area (TPSA) is 41.5 Å². The van der Waals surface area contributed by atoms with Gasteiger partial charge in [0.1, 0.15) is 5.71 Å². The van der Waals surface area contributed by atoms with Crippen LogP contribution in [-0.4, -0.2) is 18.7 Å². The average Bonchev–Trinajstić information content (AvgIpc) is 1.98. The van der Waals surface area contributed by atoms with Gasteiger partial charge in [-0.15, -0.1) is 0 Å². The second-order valence-electron chi connectivity index (χ2n) is 2.02. The van der Waals surface area contributed by atoms with E-state index in [0.717, 1.165) is 0 Å². The maximum Gasteiger partial charge on any atom is 0.269 e. The lowest BCUT2D eigenvalue weighted by Crippen LogP contribution is -2.27. The Kier molecular flexibility index (Phi) is 3.88. The van der Waals surface area contributed by atoms with E-state index in [-0.39, 0.29) is 5.91 Å². The van der Waals surface area contributed by atoms with Crippen molar-refractivity contribution in [2.24, 2.45) is 4.99 Å². The molecule has 0 aromatic rings. The van der Waals surface area contributed by atoms with Crippen LogP contribution < -0.4 is 5.32 Å². The molecule has 0 spiro atoms. The van der Waals surface area contributed by atoms with E-state index in [2.05, 4.69) is 23.5 Å². The molecule has 1 N–H and O–H groups in total. The molecular weight excluding hydrogens is 140 g/mol. The van der Waals surface area contributed by atoms with Crippen LogP contribution in [0.25, 0.3) is 0 Å². The van der Waals surface area contributed by atoms with E-state index in [4.69, 9.17) is 0 Å². The van der Waals surface area contributed by atoms with Gasteiger partial charge in [0, 0.05) is 13.2 Å². The molecule has 0 fully saturated rings. The average molecular weight is 152 g/mol. The van der Waals surface area contributed by atoms with Crippen molar-refractivity contribution in [3.05, 3.63) is 24.9 Å². The monoisotopic (exact) mass is 152 g/mol. The number of carbonyl (C=O) groups excluding carboxylic acids is 1. The molecule has 60 valence electrons. The molecule has 0 unspecified atom stereocenters. The minimum absolute atomic E-state index is 0.239. The zero-order valence-corrected chi connectivity index (χ0v) is 6.85. The summed E-state index contributed by atoms with van der Waals surface area (Å²) in [5.41, 5.74) is 0.951. The van der Waals surface area contributed by atoms with E-state index in [0.29, 0.717) is 11.3 Å². The Morgan fingerprint density at radius 1 is 1.64 bits per heavy atom. The second kappa shape index (κ2) is 4.44. The fraction of sp³-hybridized carbons (Fsp3) is 0.250. The number of hydrogen-bond donors (Lipinski definition) is 1. The van der Waals surface area contributed by atoms with Gasteiger partial charge < -0.3 is 5.32 Å². The molecule has 0 aliphatic heterocycles. The highest BCUT2D eigenvalue weighted by molar-refractivity contribution is 6.45. The van der Waals surface area contributed by atoms with Crippen molar-refractivity contribution in [2.45, 2.75) is 6.92 Å². The molecule has 0 aromatic carbocycles. The van der Waals surface area contributed by atoms with Crippen molar-refractivity contribution in [3.63, 3.8) is 0 Å². The van der Waals surface area contributed by atoms with E-state index < -0.39 is 0 Å². The van der Waals surface area contributed by atoms with Crippen molar-refractivity contribution < 1.29 is 4.79 Å². The summed E-state index contributed by atoms with van der Waals surface area (Å²) in [6.45, 7) is 8.71. The maximum atomic E-state index is 11.0. The van der Waals surface area contributed by atoms with E-state index >= 15 is 0 Å². The zero-order chi connectivity index (χ0) is 8.85. The Morgan fingerprint density at radius 3 is 2.45 bits per heavy atom. The lowest BCUT2D eigenvalue weighted by molar-refractivity contribution is -0.114. The standard InChI is InChI=1S/C8H12N2O/c1-5-10-7(6(2)3)8(11)9-4/h5H,1-2H2,3-4H3,(H,9,11). The Labute approximate surface area is 66.5 Å². The van der Waals surface area contributed by atoms with Crippen LogP contribution in [0.1, 0.15) is 6.92 Å². The summed E-state index contributed by atoms with van der Waals surface area (Å²) >= 11 is 0. The van der Waals surface area contributed by atoms with Gasteiger partial charge in [-0.3, -0.25) is 9.79 Å². The number of amides is 1. The lowest BCUT2D eigenvalue weighted by Gasteiger charge is -2.01. The minimum atomic E-state index is -0.239. The summed E-state index contributed by atoms with van der Waals surface area (Å²) in [6, 6.07) is 0. The van der Waals surface area contributed by atoms with Crippen molar-refractivity contribution in [3.8, 4) is 0 Å². The third kappa shape index (κ3) is 2.80. The molecule has 0 atom stereocenters. The highest BCUT2D eigenvalue weighted by Gasteiger charge is 2.07. The summed E-state index contributed by atoms with van der Waals surface area (Å²) in [6.07, 6.45) is 1.32. The molecule has 0 rings (SSSR count). The lowest BCUT2D eigenvalue weighted by atomic mass is 10.2. The third-order valence-corrected chi connectivity index (χ3v) is 1.07. The highest BCUT2D eigenvalue weighted by atomic mass is 16.1. The zero-order valence-electron chi connectivity index (χ0n) is 6.85. The van der Waals surface area contributed by atoms with E-state index in [1.165, 1.54) is 6.20 Å². The number of aliphatic imine (C=N–C) groups is 1. The van der Waals surface area contributed by atoms with Crippen molar-refractivity contribution in [1.82, 2.24) is 5.32 Å². The molecule has 11 heavy (non-hydrogen) atoms. The van der Waals surface area contributed by atoms with Crippen LogP contribution >= 0.6 is 0 Å². The van der Waals surface area contributed by atoms with E-state index in [9.17, 15) is 4.79 Å². The number of nitrogens with one attached hydrogen (secondary N) is 1. The van der Waals surface area contributed by atoms with E-state index in [1.54, 1.807) is 14.0 Å². The molecule has 0 bridgehead atoms. The largest absolute Gasteiger partial charge is 0.354 e. The number of nitrogens with zero attached hydrogens (tertiary/aromatic N) is 1. The highest BCUT2D eigenvalue weighted by Crippen LogP contribution is 1.93. The first-order valence-corrected chi connectivity index (χ1v) is 3.20. The number of hydrogen-bond acceptors (Lipinski definition) is 2. The summed E-state index contributed by atoms with van der Waals surface area (Å²) in [5.74, 6) is -0.239. The van der Waals surface area contributed by atoms with Gasteiger partial charge in [0.05, 0.1) is 0 Å². The van der Waals surface area contributed by atoms with Gasteiger partial charge in [0.2, 0.25) is 0 Å². The Balaban J connectivity index is 4.61. The van der Waals surface area contributed by atoms with Crippen LogP contribution in [0, 0.1) is 0 Å². The first kappa shape index (κ1) is 9.62. The van der Waals surface area contributed by atoms with Gasteiger partial charge in [-0.2, -0.15) is 0 Å². The quantitative estimate of drug-likeness (QED) is 0.599. The summed E-state index contributed by atoms with van der Waals surface area (Å²) in [4.78, 5) is 14.8. The van der Waals surface area contributed by atoms with Crippen molar-refractivity contribution in [1.29, 1.82) is 0 Å². The van der Waals surface area contributed by atoms with Crippen LogP contribution in [0.5, 0.6) is 0 Å². The molecule has 0 aliphatic rings. The number of carbonyl (C=O) groups is 1. The molecular formula is C8H12N2O. The first-order valence-electron chi connectivity index (χ1n) is 3.20. The second-order valence-corrected chi connectivity index (χ2v) is 2.02. The predicted molar refractivity (Wildman–Crippen MR) is 46.5 cm³/mol. The van der Waals surface area contributed by atoms with Gasteiger partial charge in [0.15, 0.2) is 0 Å². The smallest absolute Gasteiger partial charge is 0.269 e. The van der Waals surface area contributed by atoms with Crippen LogP contribution in [-0.2, 0) is 4.79 Å². The van der Waals surface area contributed by atoms with E-state index in [1.807, 2.05) is 0 Å². The van der Waals surface area contributed by atoms with Crippen LogP contribution in [0.4, 0.5) is 0 Å². The van der Waals surface area contributed by atoms with Gasteiger partial charge in [-0.25, -0.2) is 0 Å². The summed E-state index contributed by atoms with van der Waals surface area (Å²) in [7, 11) is 1.55. The van der Waals surface area contributed by atoms with Gasteiger partial charge in [-0.1, -0.05) is 13.2 Å². The third-order valence-electron chi connectivity index (χ3n) is 1.07. The first-order chi connectivity index (χ1) is 5.13. The summed E-state index contributed by atoms with van der Waals surface area (Å²) in [5, 5.41) is 2.45. The Hall–Kier alpha value is -1.38. The molecule has 0 aromatic heterocycles. The van der Waals surface area contributed by atoms with Gasteiger partial charge in [-0.05, 0) is 12.5 Å². The van der Waals surface area contributed by atoms with Crippen LogP contribution in [0.15, 0.2) is 29.9 Å². The summed E-state index contributed by atoms with van der Waals surface area (Å²) < 4.78 is 0. The van der Waals surface area contributed by atoms with Crippen LogP contribution in [0.2, 0.25) is 0 Å². The van der Waals surface area contributed by atoms with Crippen molar-refractivity contribution in [2.75, 3.05) is 7.05 Å². The van der Waals surface area contributed by atoms with Gasteiger partial charge in [0.25, 0.3) is 5.91 Å². The fourth-order valence-electron chi connectivity index (χ4n) is 0.572. The molecule has 0 aliphatic carbocycles. The SMILES string of the molecule is C=CN=C(C(=C)C)C(=O)NC.